The zero-order valence-corrected chi connectivity index (χ0v) is 11.9. The summed E-state index contributed by atoms with van der Waals surface area (Å²) in [5.74, 6) is 0.532. The summed E-state index contributed by atoms with van der Waals surface area (Å²) in [5.41, 5.74) is 1.52. The number of fused-ring (bicyclic) bond motifs is 1. The van der Waals surface area contributed by atoms with Crippen LogP contribution in [0.3, 0.4) is 0 Å². The van der Waals surface area contributed by atoms with Crippen molar-refractivity contribution in [1.29, 1.82) is 0 Å². The Bertz CT molecular complexity index is 541. The summed E-state index contributed by atoms with van der Waals surface area (Å²) >= 11 is 1.52. The van der Waals surface area contributed by atoms with Gasteiger partial charge in [-0.05, 0) is 37.6 Å². The van der Waals surface area contributed by atoms with Crippen molar-refractivity contribution in [2.24, 2.45) is 5.92 Å². The normalized spacial score (nSPS) is 21.8. The van der Waals surface area contributed by atoms with Crippen LogP contribution in [0.25, 0.3) is 0 Å². The maximum Gasteiger partial charge on any atom is 0.234 e. The lowest BCUT2D eigenvalue weighted by Crippen LogP contribution is -2.37. The van der Waals surface area contributed by atoms with E-state index in [0.717, 1.165) is 42.2 Å². The smallest absolute Gasteiger partial charge is 0.234 e. The zero-order valence-electron chi connectivity index (χ0n) is 11.1. The minimum atomic E-state index is 0.00228. The zero-order chi connectivity index (χ0) is 13.9. The number of thioether (sulfide) groups is 1. The molecule has 2 aliphatic rings. The highest BCUT2D eigenvalue weighted by Crippen LogP contribution is 2.33. The van der Waals surface area contributed by atoms with Crippen LogP contribution >= 0.6 is 11.8 Å². The third kappa shape index (κ3) is 2.96. The molecule has 20 heavy (non-hydrogen) atoms. The fourth-order valence-electron chi connectivity index (χ4n) is 2.48. The lowest BCUT2D eigenvalue weighted by molar-refractivity contribution is -0.120. The summed E-state index contributed by atoms with van der Waals surface area (Å²) in [5, 5.41) is 9.00. The van der Waals surface area contributed by atoms with Crippen LogP contribution in [0.4, 0.5) is 11.4 Å². The number of hydrogen-bond donors (Lipinski definition) is 3. The van der Waals surface area contributed by atoms with Crippen molar-refractivity contribution >= 4 is 35.0 Å². The van der Waals surface area contributed by atoms with Gasteiger partial charge in [0.05, 0.1) is 17.4 Å². The van der Waals surface area contributed by atoms with Crippen LogP contribution in [0, 0.1) is 5.92 Å². The number of amides is 2. The molecule has 1 aromatic carbocycles. The van der Waals surface area contributed by atoms with Crippen LogP contribution in [0.5, 0.6) is 0 Å². The van der Waals surface area contributed by atoms with E-state index in [-0.39, 0.29) is 17.7 Å². The predicted molar refractivity (Wildman–Crippen MR) is 80.0 cm³/mol. The maximum absolute atomic E-state index is 12.2. The van der Waals surface area contributed by atoms with E-state index < -0.39 is 0 Å². The summed E-state index contributed by atoms with van der Waals surface area (Å²) in [4.78, 5) is 24.6. The van der Waals surface area contributed by atoms with E-state index in [4.69, 9.17) is 0 Å². The molecule has 1 saturated heterocycles. The molecule has 0 aliphatic carbocycles. The Kier molecular flexibility index (Phi) is 3.93. The number of benzene rings is 1. The minimum absolute atomic E-state index is 0.00228. The molecule has 0 bridgehead atoms. The van der Waals surface area contributed by atoms with Crippen LogP contribution in [0.15, 0.2) is 23.1 Å². The predicted octanol–water partition coefficient (Wildman–Crippen LogP) is 1.67. The highest BCUT2D eigenvalue weighted by atomic mass is 32.2. The molecule has 3 rings (SSSR count). The molecule has 2 heterocycles. The van der Waals surface area contributed by atoms with Crippen molar-refractivity contribution in [3.05, 3.63) is 18.2 Å². The molecule has 2 amide bonds. The van der Waals surface area contributed by atoms with Crippen molar-refractivity contribution in [1.82, 2.24) is 5.32 Å². The molecule has 3 N–H and O–H groups in total. The molecule has 0 saturated carbocycles. The SMILES string of the molecule is O=C1CSc2ccc(NC(=O)C3CCCNC3)cc2N1. The van der Waals surface area contributed by atoms with E-state index in [9.17, 15) is 9.59 Å². The van der Waals surface area contributed by atoms with Crippen LogP contribution in [-0.2, 0) is 9.59 Å². The van der Waals surface area contributed by atoms with Crippen molar-refractivity contribution in [3.63, 3.8) is 0 Å². The maximum atomic E-state index is 12.2. The second-order valence-corrected chi connectivity index (χ2v) is 6.10. The molecule has 0 radical (unpaired) electrons. The van der Waals surface area contributed by atoms with E-state index in [1.54, 1.807) is 0 Å². The molecule has 6 heteroatoms. The van der Waals surface area contributed by atoms with Gasteiger partial charge >= 0.3 is 0 Å². The van der Waals surface area contributed by atoms with Crippen LogP contribution in [-0.4, -0.2) is 30.7 Å². The highest BCUT2D eigenvalue weighted by Gasteiger charge is 2.21. The molecule has 0 spiro atoms. The molecule has 1 unspecified atom stereocenters. The summed E-state index contributed by atoms with van der Waals surface area (Å²) in [6, 6.07) is 5.65. The summed E-state index contributed by atoms with van der Waals surface area (Å²) in [6.07, 6.45) is 1.96. The van der Waals surface area contributed by atoms with Gasteiger partial charge in [-0.3, -0.25) is 9.59 Å². The molecule has 1 atom stereocenters. The third-order valence-electron chi connectivity index (χ3n) is 3.55. The molecule has 1 aromatic rings. The molecule has 0 aromatic heterocycles. The van der Waals surface area contributed by atoms with Gasteiger partial charge in [-0.2, -0.15) is 0 Å². The van der Waals surface area contributed by atoms with Crippen molar-refractivity contribution in [3.8, 4) is 0 Å². The van der Waals surface area contributed by atoms with Crippen LogP contribution in [0.2, 0.25) is 0 Å². The van der Waals surface area contributed by atoms with E-state index in [1.807, 2.05) is 18.2 Å². The summed E-state index contributed by atoms with van der Waals surface area (Å²) < 4.78 is 0. The minimum Gasteiger partial charge on any atom is -0.326 e. The second kappa shape index (κ2) is 5.85. The van der Waals surface area contributed by atoms with Gasteiger partial charge in [-0.15, -0.1) is 11.8 Å². The number of carbonyl (C=O) groups is 2. The van der Waals surface area contributed by atoms with Gasteiger partial charge in [0.2, 0.25) is 11.8 Å². The number of nitrogens with one attached hydrogen (secondary N) is 3. The number of rotatable bonds is 2. The van der Waals surface area contributed by atoms with Gasteiger partial charge < -0.3 is 16.0 Å². The van der Waals surface area contributed by atoms with Crippen molar-refractivity contribution in [2.45, 2.75) is 17.7 Å². The Morgan fingerprint density at radius 3 is 3.10 bits per heavy atom. The molecule has 2 aliphatic heterocycles. The molecule has 1 fully saturated rings. The first kappa shape index (κ1) is 13.5. The Hall–Kier alpha value is -1.53. The average Bonchev–Trinajstić information content (AvgIpc) is 2.47. The lowest BCUT2D eigenvalue weighted by Gasteiger charge is -2.22. The Morgan fingerprint density at radius 2 is 2.30 bits per heavy atom. The number of anilines is 2. The first-order chi connectivity index (χ1) is 9.72. The standard InChI is InChI=1S/C14H17N3O2S/c18-13-8-20-12-4-3-10(6-11(12)17-13)16-14(19)9-2-1-5-15-7-9/h3-4,6,9,15H,1-2,5,7-8H2,(H,16,19)(H,17,18). The fourth-order valence-corrected chi connectivity index (χ4v) is 3.27. The first-order valence-corrected chi connectivity index (χ1v) is 7.79. The molecule has 106 valence electrons. The number of piperidine rings is 1. The highest BCUT2D eigenvalue weighted by molar-refractivity contribution is 8.00. The van der Waals surface area contributed by atoms with E-state index >= 15 is 0 Å². The van der Waals surface area contributed by atoms with Gasteiger partial charge in [-0.25, -0.2) is 0 Å². The lowest BCUT2D eigenvalue weighted by atomic mass is 9.99. The second-order valence-electron chi connectivity index (χ2n) is 5.08. The quantitative estimate of drug-likeness (QED) is 0.775. The largest absolute Gasteiger partial charge is 0.326 e. The van der Waals surface area contributed by atoms with Crippen molar-refractivity contribution in [2.75, 3.05) is 29.5 Å². The van der Waals surface area contributed by atoms with Gasteiger partial charge in [0.15, 0.2) is 0 Å². The summed E-state index contributed by atoms with van der Waals surface area (Å²) in [7, 11) is 0. The van der Waals surface area contributed by atoms with Gasteiger partial charge in [-0.1, -0.05) is 0 Å². The molecular weight excluding hydrogens is 274 g/mol. The number of carbonyl (C=O) groups excluding carboxylic acids is 2. The fraction of sp³-hybridized carbons (Fsp3) is 0.429. The summed E-state index contributed by atoms with van der Waals surface area (Å²) in [6.45, 7) is 1.73. The van der Waals surface area contributed by atoms with E-state index in [1.165, 1.54) is 11.8 Å². The first-order valence-electron chi connectivity index (χ1n) is 6.80. The third-order valence-corrected chi connectivity index (χ3v) is 4.62. The van der Waals surface area contributed by atoms with Crippen LogP contribution in [0.1, 0.15) is 12.8 Å². The average molecular weight is 291 g/mol. The number of hydrogen-bond acceptors (Lipinski definition) is 4. The van der Waals surface area contributed by atoms with Crippen molar-refractivity contribution < 1.29 is 9.59 Å². The molecule has 5 nitrogen and oxygen atoms in total. The van der Waals surface area contributed by atoms with E-state index in [0.29, 0.717) is 5.75 Å². The van der Waals surface area contributed by atoms with Gasteiger partial charge in [0.1, 0.15) is 0 Å². The Morgan fingerprint density at radius 1 is 1.40 bits per heavy atom. The van der Waals surface area contributed by atoms with Crippen LogP contribution < -0.4 is 16.0 Å². The van der Waals surface area contributed by atoms with E-state index in [2.05, 4.69) is 16.0 Å². The Balaban J connectivity index is 1.69. The molecular formula is C14H17N3O2S. The Labute approximate surface area is 121 Å². The van der Waals surface area contributed by atoms with Gasteiger partial charge in [0, 0.05) is 17.1 Å². The van der Waals surface area contributed by atoms with Gasteiger partial charge in [0.25, 0.3) is 0 Å². The topological polar surface area (TPSA) is 70.2 Å². The monoisotopic (exact) mass is 291 g/mol.